The predicted molar refractivity (Wildman–Crippen MR) is 77.3 cm³/mol. The van der Waals surface area contributed by atoms with Gasteiger partial charge in [-0.05, 0) is 46.7 Å². The van der Waals surface area contributed by atoms with Gasteiger partial charge in [0.25, 0.3) is 0 Å². The van der Waals surface area contributed by atoms with Gasteiger partial charge in [0.1, 0.15) is 5.75 Å². The third-order valence-electron chi connectivity index (χ3n) is 2.91. The molecule has 2 N–H and O–H groups in total. The first-order valence-corrected chi connectivity index (χ1v) is 6.69. The van der Waals surface area contributed by atoms with Crippen molar-refractivity contribution in [2.45, 2.75) is 6.54 Å². The van der Waals surface area contributed by atoms with Gasteiger partial charge >= 0.3 is 0 Å². The third-order valence-corrected chi connectivity index (χ3v) is 3.92. The Morgan fingerprint density at radius 1 is 1.00 bits per heavy atom. The highest BCUT2D eigenvalue weighted by Crippen LogP contribution is 2.26. The number of thiophene rings is 1. The molecule has 3 rings (SSSR count). The Balaban J connectivity index is 1.79. The van der Waals surface area contributed by atoms with Crippen molar-refractivity contribution in [1.82, 2.24) is 0 Å². The summed E-state index contributed by atoms with van der Waals surface area (Å²) >= 11 is 1.77. The molecule has 0 aliphatic heterocycles. The second-order valence-electron chi connectivity index (χ2n) is 4.16. The molecule has 1 aromatic heterocycles. The van der Waals surface area contributed by atoms with Crippen molar-refractivity contribution in [3.05, 3.63) is 59.5 Å². The Hall–Kier alpha value is -2.00. The van der Waals surface area contributed by atoms with E-state index in [9.17, 15) is 5.11 Å². The molecule has 18 heavy (non-hydrogen) atoms. The largest absolute Gasteiger partial charge is 0.508 e. The van der Waals surface area contributed by atoms with Crippen LogP contribution in [0, 0.1) is 0 Å². The summed E-state index contributed by atoms with van der Waals surface area (Å²) in [6.45, 7) is 0.800. The van der Waals surface area contributed by atoms with E-state index in [0.29, 0.717) is 5.75 Å². The van der Waals surface area contributed by atoms with E-state index >= 15 is 0 Å². The minimum absolute atomic E-state index is 0.293. The molecular weight excluding hydrogens is 242 g/mol. The Kier molecular flexibility index (Phi) is 2.90. The highest BCUT2D eigenvalue weighted by molar-refractivity contribution is 7.17. The summed E-state index contributed by atoms with van der Waals surface area (Å²) in [5.41, 5.74) is 2.33. The summed E-state index contributed by atoms with van der Waals surface area (Å²) in [7, 11) is 0. The molecule has 0 spiro atoms. The minimum atomic E-state index is 0.293. The average molecular weight is 255 g/mol. The maximum absolute atomic E-state index is 9.22. The van der Waals surface area contributed by atoms with Crippen LogP contribution in [0.25, 0.3) is 10.1 Å². The predicted octanol–water partition coefficient (Wildman–Crippen LogP) is 4.22. The van der Waals surface area contributed by atoms with Crippen molar-refractivity contribution < 1.29 is 5.11 Å². The lowest BCUT2D eigenvalue weighted by Crippen LogP contribution is -1.97. The van der Waals surface area contributed by atoms with Crippen LogP contribution in [0.5, 0.6) is 5.75 Å². The van der Waals surface area contributed by atoms with Crippen LogP contribution in [0.3, 0.4) is 0 Å². The molecule has 3 aromatic rings. The van der Waals surface area contributed by atoms with Crippen molar-refractivity contribution in [2.24, 2.45) is 0 Å². The molecule has 0 saturated carbocycles. The van der Waals surface area contributed by atoms with Gasteiger partial charge in [-0.1, -0.05) is 18.2 Å². The SMILES string of the molecule is Oc1ccc(NCc2csc3ccccc23)cc1. The average Bonchev–Trinajstić information content (AvgIpc) is 2.82. The second-order valence-corrected chi connectivity index (χ2v) is 5.07. The summed E-state index contributed by atoms with van der Waals surface area (Å²) < 4.78 is 1.32. The van der Waals surface area contributed by atoms with Crippen LogP contribution in [-0.2, 0) is 6.54 Å². The fourth-order valence-corrected chi connectivity index (χ4v) is 2.91. The zero-order valence-electron chi connectivity index (χ0n) is 9.76. The third kappa shape index (κ3) is 2.17. The monoisotopic (exact) mass is 255 g/mol. The lowest BCUT2D eigenvalue weighted by molar-refractivity contribution is 0.475. The highest BCUT2D eigenvalue weighted by Gasteiger charge is 2.02. The van der Waals surface area contributed by atoms with E-state index in [2.05, 4.69) is 35.0 Å². The van der Waals surface area contributed by atoms with Gasteiger partial charge in [0.05, 0.1) is 0 Å². The van der Waals surface area contributed by atoms with Crippen LogP contribution in [0.4, 0.5) is 5.69 Å². The van der Waals surface area contributed by atoms with Crippen molar-refractivity contribution in [2.75, 3.05) is 5.32 Å². The van der Waals surface area contributed by atoms with Gasteiger partial charge in [-0.15, -0.1) is 11.3 Å². The molecule has 1 heterocycles. The summed E-state index contributed by atoms with van der Waals surface area (Å²) in [5, 5.41) is 16.1. The molecule has 0 unspecified atom stereocenters. The molecule has 0 fully saturated rings. The Bertz CT molecular complexity index is 658. The fraction of sp³-hybridized carbons (Fsp3) is 0.0667. The van der Waals surface area contributed by atoms with Crippen LogP contribution in [0.15, 0.2) is 53.9 Å². The quantitative estimate of drug-likeness (QED) is 0.687. The number of hydrogen-bond donors (Lipinski definition) is 2. The zero-order chi connectivity index (χ0) is 12.4. The van der Waals surface area contributed by atoms with Gasteiger partial charge in [0.15, 0.2) is 0 Å². The summed E-state index contributed by atoms with van der Waals surface area (Å²) in [6.07, 6.45) is 0. The van der Waals surface area contributed by atoms with E-state index in [0.717, 1.165) is 12.2 Å². The molecular formula is C15H13NOS. The maximum atomic E-state index is 9.22. The van der Waals surface area contributed by atoms with Gasteiger partial charge in [-0.2, -0.15) is 0 Å². The summed E-state index contributed by atoms with van der Waals surface area (Å²) in [6, 6.07) is 15.6. The molecule has 0 amide bonds. The van der Waals surface area contributed by atoms with Crippen molar-refractivity contribution >= 4 is 27.1 Å². The molecule has 2 aromatic carbocycles. The van der Waals surface area contributed by atoms with E-state index in [1.165, 1.54) is 15.6 Å². The number of phenolic OH excluding ortho intramolecular Hbond substituents is 1. The number of benzene rings is 2. The van der Waals surface area contributed by atoms with E-state index in [-0.39, 0.29) is 0 Å². The van der Waals surface area contributed by atoms with Gasteiger partial charge < -0.3 is 10.4 Å². The number of rotatable bonds is 3. The molecule has 0 radical (unpaired) electrons. The van der Waals surface area contributed by atoms with Gasteiger partial charge in [0.2, 0.25) is 0 Å². The van der Waals surface area contributed by atoms with Gasteiger partial charge in [-0.3, -0.25) is 0 Å². The van der Waals surface area contributed by atoms with E-state index in [1.54, 1.807) is 23.5 Å². The molecule has 2 nitrogen and oxygen atoms in total. The highest BCUT2D eigenvalue weighted by atomic mass is 32.1. The van der Waals surface area contributed by atoms with Gasteiger partial charge in [0, 0.05) is 16.9 Å². The molecule has 0 saturated heterocycles. The molecule has 90 valence electrons. The van der Waals surface area contributed by atoms with E-state index in [1.807, 2.05) is 12.1 Å². The number of anilines is 1. The van der Waals surface area contributed by atoms with Crippen LogP contribution < -0.4 is 5.32 Å². The van der Waals surface area contributed by atoms with E-state index < -0.39 is 0 Å². The fourth-order valence-electron chi connectivity index (χ4n) is 1.95. The number of fused-ring (bicyclic) bond motifs is 1. The van der Waals surface area contributed by atoms with Crippen LogP contribution in [0.2, 0.25) is 0 Å². The van der Waals surface area contributed by atoms with Crippen LogP contribution in [-0.4, -0.2) is 5.11 Å². The lowest BCUT2D eigenvalue weighted by Gasteiger charge is -2.05. The van der Waals surface area contributed by atoms with Gasteiger partial charge in [-0.25, -0.2) is 0 Å². The zero-order valence-corrected chi connectivity index (χ0v) is 10.6. The summed E-state index contributed by atoms with van der Waals surface area (Å²) in [4.78, 5) is 0. The lowest BCUT2D eigenvalue weighted by atomic mass is 10.2. The molecule has 0 atom stereocenters. The first-order chi connectivity index (χ1) is 8.83. The number of nitrogens with one attached hydrogen (secondary N) is 1. The smallest absolute Gasteiger partial charge is 0.115 e. The molecule has 0 aliphatic carbocycles. The van der Waals surface area contributed by atoms with Crippen molar-refractivity contribution in [1.29, 1.82) is 0 Å². The van der Waals surface area contributed by atoms with Crippen molar-refractivity contribution in [3.8, 4) is 5.75 Å². The molecule has 3 heteroatoms. The maximum Gasteiger partial charge on any atom is 0.115 e. The first-order valence-electron chi connectivity index (χ1n) is 5.81. The van der Waals surface area contributed by atoms with E-state index in [4.69, 9.17) is 0 Å². The Morgan fingerprint density at radius 2 is 1.78 bits per heavy atom. The molecule has 0 bridgehead atoms. The number of phenols is 1. The Labute approximate surface area is 110 Å². The normalized spacial score (nSPS) is 10.7. The minimum Gasteiger partial charge on any atom is -0.508 e. The summed E-state index contributed by atoms with van der Waals surface area (Å²) in [5.74, 6) is 0.293. The Morgan fingerprint density at radius 3 is 2.61 bits per heavy atom. The standard InChI is InChI=1S/C15H13NOS/c17-13-7-5-12(6-8-13)16-9-11-10-18-15-4-2-1-3-14(11)15/h1-8,10,16-17H,9H2. The van der Waals surface area contributed by atoms with Crippen LogP contribution >= 0.6 is 11.3 Å². The topological polar surface area (TPSA) is 32.3 Å². The number of aromatic hydroxyl groups is 1. The number of hydrogen-bond acceptors (Lipinski definition) is 3. The van der Waals surface area contributed by atoms with Crippen molar-refractivity contribution in [3.63, 3.8) is 0 Å². The van der Waals surface area contributed by atoms with Crippen LogP contribution in [0.1, 0.15) is 5.56 Å². The first kappa shape index (κ1) is 11.1. The molecule has 0 aliphatic rings. The second kappa shape index (κ2) is 4.70.